The van der Waals surface area contributed by atoms with Gasteiger partial charge in [0.05, 0.1) is 34.8 Å². The Bertz CT molecular complexity index is 1060. The third kappa shape index (κ3) is 3.67. The van der Waals surface area contributed by atoms with Gasteiger partial charge in [-0.25, -0.2) is 4.79 Å². The van der Waals surface area contributed by atoms with E-state index in [1.807, 2.05) is 18.2 Å². The molecule has 0 saturated heterocycles. The zero-order valence-electron chi connectivity index (χ0n) is 15.7. The van der Waals surface area contributed by atoms with Crippen LogP contribution in [-0.4, -0.2) is 28.9 Å². The molecule has 1 aliphatic heterocycles. The van der Waals surface area contributed by atoms with Crippen LogP contribution in [0.25, 0.3) is 6.08 Å². The number of rotatable bonds is 4. The number of aromatic carboxylic acids is 1. The lowest BCUT2D eigenvalue weighted by Crippen LogP contribution is -2.47. The molecule has 2 aliphatic rings. The van der Waals surface area contributed by atoms with Crippen LogP contribution in [-0.2, 0) is 4.79 Å². The number of aliphatic imine (C=N–C) groups is 1. The highest BCUT2D eigenvalue weighted by molar-refractivity contribution is 6.24. The number of hydrogen-bond donors (Lipinski definition) is 1. The number of carbonyl (C=O) groups excluding carboxylic acids is 1. The van der Waals surface area contributed by atoms with Crippen LogP contribution in [0.5, 0.6) is 0 Å². The number of benzene rings is 2. The van der Waals surface area contributed by atoms with E-state index in [1.54, 1.807) is 30.3 Å². The first kappa shape index (κ1) is 18.6. The number of carboxylic acid groups (broad SMARTS) is 1. The molecule has 0 radical (unpaired) electrons. The average Bonchev–Trinajstić information content (AvgIpc) is 3.22. The molecule has 1 N–H and O–H groups in total. The molecule has 6 heteroatoms. The quantitative estimate of drug-likeness (QED) is 0.864. The predicted molar refractivity (Wildman–Crippen MR) is 110 cm³/mol. The van der Waals surface area contributed by atoms with Crippen molar-refractivity contribution in [2.24, 2.45) is 10.9 Å². The molecule has 1 saturated carbocycles. The number of amides is 1. The molecule has 29 heavy (non-hydrogen) atoms. The summed E-state index contributed by atoms with van der Waals surface area (Å²) in [7, 11) is 0. The van der Waals surface area contributed by atoms with Gasteiger partial charge in [-0.2, -0.15) is 5.26 Å². The van der Waals surface area contributed by atoms with E-state index in [0.717, 1.165) is 24.8 Å². The number of anilines is 1. The van der Waals surface area contributed by atoms with Crippen LogP contribution < -0.4 is 4.90 Å². The van der Waals surface area contributed by atoms with Crippen LogP contribution >= 0.6 is 0 Å². The van der Waals surface area contributed by atoms with E-state index in [9.17, 15) is 14.7 Å². The standard InChI is InChI=1S/C23H19N3O3/c24-14-16-9-7-15(8-10-16)11-12-21-25-20-6-2-5-19(20)22(27)26(21)18-4-1-3-17(13-18)23(28)29/h1,3-4,7-13,19-20H,2,5-6H2,(H,28,29)/b12-11+. The Morgan fingerprint density at radius 3 is 2.69 bits per heavy atom. The molecule has 0 bridgehead atoms. The summed E-state index contributed by atoms with van der Waals surface area (Å²) in [6.07, 6.45) is 6.26. The van der Waals surface area contributed by atoms with Crippen molar-refractivity contribution in [1.82, 2.24) is 0 Å². The van der Waals surface area contributed by atoms with Crippen LogP contribution in [0.3, 0.4) is 0 Å². The van der Waals surface area contributed by atoms with Crippen LogP contribution in [0.2, 0.25) is 0 Å². The van der Waals surface area contributed by atoms with E-state index >= 15 is 0 Å². The second-order valence-electron chi connectivity index (χ2n) is 7.19. The van der Waals surface area contributed by atoms with Crippen molar-refractivity contribution in [3.05, 3.63) is 71.3 Å². The van der Waals surface area contributed by atoms with Gasteiger partial charge in [-0.1, -0.05) is 30.7 Å². The maximum Gasteiger partial charge on any atom is 0.335 e. The molecule has 6 nitrogen and oxygen atoms in total. The van der Waals surface area contributed by atoms with E-state index in [4.69, 9.17) is 10.3 Å². The van der Waals surface area contributed by atoms with E-state index in [0.29, 0.717) is 17.1 Å². The van der Waals surface area contributed by atoms with Crippen molar-refractivity contribution in [3.8, 4) is 6.07 Å². The summed E-state index contributed by atoms with van der Waals surface area (Å²) in [5, 5.41) is 18.2. The Morgan fingerprint density at radius 1 is 1.17 bits per heavy atom. The summed E-state index contributed by atoms with van der Waals surface area (Å²) in [5.41, 5.74) is 2.09. The number of carboxylic acids is 1. The fourth-order valence-electron chi connectivity index (χ4n) is 3.88. The monoisotopic (exact) mass is 385 g/mol. The third-order valence-electron chi connectivity index (χ3n) is 5.36. The van der Waals surface area contributed by atoms with Gasteiger partial charge >= 0.3 is 5.97 Å². The zero-order chi connectivity index (χ0) is 20.4. The summed E-state index contributed by atoms with van der Waals surface area (Å²) in [5.74, 6) is -0.730. The lowest BCUT2D eigenvalue weighted by molar-refractivity contribution is -0.121. The summed E-state index contributed by atoms with van der Waals surface area (Å²) in [4.78, 5) is 30.9. The molecule has 2 unspecified atom stereocenters. The van der Waals surface area contributed by atoms with Gasteiger partial charge in [0.15, 0.2) is 0 Å². The third-order valence-corrected chi connectivity index (χ3v) is 5.36. The average molecular weight is 385 g/mol. The number of fused-ring (bicyclic) bond motifs is 1. The lowest BCUT2D eigenvalue weighted by Gasteiger charge is -2.32. The van der Waals surface area contributed by atoms with Crippen molar-refractivity contribution in [1.29, 1.82) is 5.26 Å². The predicted octanol–water partition coefficient (Wildman–Crippen LogP) is 3.88. The molecule has 0 aromatic heterocycles. The van der Waals surface area contributed by atoms with Gasteiger partial charge in [-0.05, 0) is 54.8 Å². The minimum Gasteiger partial charge on any atom is -0.478 e. The summed E-state index contributed by atoms with van der Waals surface area (Å²) in [6, 6.07) is 15.5. The van der Waals surface area contributed by atoms with Gasteiger partial charge in [-0.3, -0.25) is 14.7 Å². The van der Waals surface area contributed by atoms with Crippen molar-refractivity contribution >= 4 is 29.5 Å². The summed E-state index contributed by atoms with van der Waals surface area (Å²) in [6.45, 7) is 0. The van der Waals surface area contributed by atoms with Crippen LogP contribution in [0.1, 0.15) is 40.7 Å². The molecule has 1 amide bonds. The first-order valence-electron chi connectivity index (χ1n) is 9.50. The largest absolute Gasteiger partial charge is 0.478 e. The summed E-state index contributed by atoms with van der Waals surface area (Å²) >= 11 is 0. The van der Waals surface area contributed by atoms with E-state index in [1.165, 1.54) is 17.0 Å². The van der Waals surface area contributed by atoms with Crippen molar-refractivity contribution in [3.63, 3.8) is 0 Å². The molecule has 2 atom stereocenters. The van der Waals surface area contributed by atoms with Crippen LogP contribution in [0, 0.1) is 17.2 Å². The lowest BCUT2D eigenvalue weighted by atomic mass is 9.98. The van der Waals surface area contributed by atoms with Crippen LogP contribution in [0.15, 0.2) is 59.6 Å². The molecule has 144 valence electrons. The van der Waals surface area contributed by atoms with E-state index in [2.05, 4.69) is 6.07 Å². The Labute approximate surface area is 168 Å². The Hall–Kier alpha value is -3.72. The Balaban J connectivity index is 1.72. The number of carbonyl (C=O) groups is 2. The van der Waals surface area contributed by atoms with Gasteiger partial charge in [-0.15, -0.1) is 0 Å². The normalized spacial score (nSPS) is 21.0. The highest BCUT2D eigenvalue weighted by Crippen LogP contribution is 2.35. The Morgan fingerprint density at radius 2 is 1.97 bits per heavy atom. The molecule has 1 aliphatic carbocycles. The highest BCUT2D eigenvalue weighted by Gasteiger charge is 2.41. The molecule has 2 aromatic carbocycles. The number of nitrogens with zero attached hydrogens (tertiary/aromatic N) is 3. The second-order valence-corrected chi connectivity index (χ2v) is 7.19. The molecular weight excluding hydrogens is 366 g/mol. The van der Waals surface area contributed by atoms with Gasteiger partial charge in [0.25, 0.3) is 0 Å². The number of amidine groups is 1. The maximum absolute atomic E-state index is 13.2. The van der Waals surface area contributed by atoms with Crippen molar-refractivity contribution < 1.29 is 14.7 Å². The fourth-order valence-corrected chi connectivity index (χ4v) is 3.88. The fraction of sp³-hybridized carbons (Fsp3) is 0.217. The van der Waals surface area contributed by atoms with Crippen molar-refractivity contribution in [2.75, 3.05) is 4.90 Å². The molecule has 1 fully saturated rings. The number of hydrogen-bond acceptors (Lipinski definition) is 4. The molecule has 1 heterocycles. The maximum atomic E-state index is 13.2. The van der Waals surface area contributed by atoms with E-state index in [-0.39, 0.29) is 23.4 Å². The summed E-state index contributed by atoms with van der Waals surface area (Å²) < 4.78 is 0. The van der Waals surface area contributed by atoms with Gasteiger partial charge in [0.1, 0.15) is 5.84 Å². The Kier molecular flexibility index (Phi) is 4.96. The minimum atomic E-state index is -1.04. The molecule has 4 rings (SSSR count). The van der Waals surface area contributed by atoms with Crippen molar-refractivity contribution in [2.45, 2.75) is 25.3 Å². The zero-order valence-corrected chi connectivity index (χ0v) is 15.7. The first-order valence-corrected chi connectivity index (χ1v) is 9.50. The van der Waals surface area contributed by atoms with Gasteiger partial charge in [0.2, 0.25) is 5.91 Å². The van der Waals surface area contributed by atoms with Gasteiger partial charge in [0, 0.05) is 0 Å². The van der Waals surface area contributed by atoms with E-state index < -0.39 is 5.97 Å². The minimum absolute atomic E-state index is 0.0259. The second kappa shape index (κ2) is 7.72. The molecule has 0 spiro atoms. The number of nitriles is 1. The highest BCUT2D eigenvalue weighted by atomic mass is 16.4. The smallest absolute Gasteiger partial charge is 0.335 e. The first-order chi connectivity index (χ1) is 14.1. The van der Waals surface area contributed by atoms with Crippen LogP contribution in [0.4, 0.5) is 5.69 Å². The van der Waals surface area contributed by atoms with Gasteiger partial charge < -0.3 is 5.11 Å². The topological polar surface area (TPSA) is 93.8 Å². The molecule has 2 aromatic rings. The molecular formula is C23H19N3O3. The SMILES string of the molecule is N#Cc1ccc(/C=C/C2=NC3CCCC3C(=O)N2c2cccc(C(=O)O)c2)cc1.